The maximum absolute atomic E-state index is 12.0. The van der Waals surface area contributed by atoms with Gasteiger partial charge < -0.3 is 4.74 Å². The molecule has 17 heavy (non-hydrogen) atoms. The van der Waals surface area contributed by atoms with Gasteiger partial charge in [0.1, 0.15) is 5.60 Å². The fourth-order valence-corrected chi connectivity index (χ4v) is 2.00. The van der Waals surface area contributed by atoms with Gasteiger partial charge >= 0.3 is 6.09 Å². The van der Waals surface area contributed by atoms with Crippen molar-refractivity contribution in [2.24, 2.45) is 0 Å². The molecule has 0 saturated carbocycles. The van der Waals surface area contributed by atoms with E-state index in [9.17, 15) is 4.79 Å². The van der Waals surface area contributed by atoms with Gasteiger partial charge in [-0.2, -0.15) is 0 Å². The first kappa shape index (κ1) is 12.0. The smallest absolute Gasteiger partial charge is 0.414 e. The first-order chi connectivity index (χ1) is 7.87. The van der Waals surface area contributed by atoms with Crippen LogP contribution in [0.3, 0.4) is 0 Å². The molecule has 3 nitrogen and oxygen atoms in total. The van der Waals surface area contributed by atoms with Crippen molar-refractivity contribution < 1.29 is 9.53 Å². The Labute approximate surface area is 102 Å². The van der Waals surface area contributed by atoms with Gasteiger partial charge in [0.2, 0.25) is 0 Å². The van der Waals surface area contributed by atoms with Crippen molar-refractivity contribution in [1.29, 1.82) is 0 Å². The van der Waals surface area contributed by atoms with Crippen molar-refractivity contribution in [2.75, 3.05) is 11.4 Å². The average molecular weight is 233 g/mol. The van der Waals surface area contributed by atoms with E-state index in [1.165, 1.54) is 11.1 Å². The number of fused-ring (bicyclic) bond motifs is 1. The van der Waals surface area contributed by atoms with Crippen molar-refractivity contribution in [2.45, 2.75) is 39.7 Å². The number of carbonyl (C=O) groups is 1. The molecule has 0 atom stereocenters. The standard InChI is InChI=1S/C14H19NO2/c1-10-5-6-11-7-8-15(12(11)9-10)13(16)17-14(2,3)4/h5-6,9H,7-8H2,1-4H3. The van der Waals surface area contributed by atoms with Gasteiger partial charge in [0, 0.05) is 6.54 Å². The first-order valence-electron chi connectivity index (χ1n) is 5.97. The molecule has 1 heterocycles. The van der Waals surface area contributed by atoms with Gasteiger partial charge in [-0.3, -0.25) is 4.90 Å². The minimum Gasteiger partial charge on any atom is -0.443 e. The highest BCUT2D eigenvalue weighted by atomic mass is 16.6. The van der Waals surface area contributed by atoms with Crippen LogP contribution < -0.4 is 4.90 Å². The van der Waals surface area contributed by atoms with E-state index in [1.807, 2.05) is 33.8 Å². The number of benzene rings is 1. The number of ether oxygens (including phenoxy) is 1. The highest BCUT2D eigenvalue weighted by Gasteiger charge is 2.28. The predicted molar refractivity (Wildman–Crippen MR) is 68.5 cm³/mol. The van der Waals surface area contributed by atoms with Gasteiger partial charge in [0.25, 0.3) is 0 Å². The summed E-state index contributed by atoms with van der Waals surface area (Å²) in [7, 11) is 0. The third kappa shape index (κ3) is 2.60. The predicted octanol–water partition coefficient (Wildman–Crippen LogP) is 3.29. The van der Waals surface area contributed by atoms with Crippen molar-refractivity contribution in [3.63, 3.8) is 0 Å². The van der Waals surface area contributed by atoms with Crippen LogP contribution in [-0.2, 0) is 11.2 Å². The Morgan fingerprint density at radius 1 is 1.35 bits per heavy atom. The molecule has 0 spiro atoms. The zero-order valence-electron chi connectivity index (χ0n) is 10.9. The lowest BCUT2D eigenvalue weighted by molar-refractivity contribution is 0.0584. The van der Waals surface area contributed by atoms with Crippen LogP contribution >= 0.6 is 0 Å². The summed E-state index contributed by atoms with van der Waals surface area (Å²) in [6.45, 7) is 8.41. The van der Waals surface area contributed by atoms with Crippen molar-refractivity contribution >= 4 is 11.8 Å². The number of rotatable bonds is 0. The molecule has 0 bridgehead atoms. The summed E-state index contributed by atoms with van der Waals surface area (Å²) in [4.78, 5) is 13.8. The molecule has 0 unspecified atom stereocenters. The molecule has 0 aromatic heterocycles. The van der Waals surface area contributed by atoms with Crippen molar-refractivity contribution in [3.8, 4) is 0 Å². The molecule has 0 radical (unpaired) electrons. The largest absolute Gasteiger partial charge is 0.443 e. The summed E-state index contributed by atoms with van der Waals surface area (Å²) in [6, 6.07) is 6.22. The molecule has 92 valence electrons. The van der Waals surface area contributed by atoms with E-state index in [1.54, 1.807) is 4.90 Å². The fourth-order valence-electron chi connectivity index (χ4n) is 2.00. The lowest BCUT2D eigenvalue weighted by Crippen LogP contribution is -2.35. The van der Waals surface area contributed by atoms with E-state index < -0.39 is 5.60 Å². The fraction of sp³-hybridized carbons (Fsp3) is 0.500. The third-order valence-corrected chi connectivity index (χ3v) is 2.75. The Bertz CT molecular complexity index is 446. The molecule has 0 fully saturated rings. The van der Waals surface area contributed by atoms with Gasteiger partial charge in [-0.1, -0.05) is 12.1 Å². The summed E-state index contributed by atoms with van der Waals surface area (Å²) < 4.78 is 5.41. The molecule has 0 N–H and O–H groups in total. The first-order valence-corrected chi connectivity index (χ1v) is 5.97. The maximum atomic E-state index is 12.0. The minimum atomic E-state index is -0.441. The summed E-state index contributed by atoms with van der Waals surface area (Å²) in [5, 5.41) is 0. The SMILES string of the molecule is Cc1ccc2c(c1)N(C(=O)OC(C)(C)C)CC2. The van der Waals surface area contributed by atoms with Crippen LogP contribution in [0.2, 0.25) is 0 Å². The molecular weight excluding hydrogens is 214 g/mol. The Balaban J connectivity index is 2.22. The zero-order valence-corrected chi connectivity index (χ0v) is 10.9. The lowest BCUT2D eigenvalue weighted by Gasteiger charge is -2.24. The lowest BCUT2D eigenvalue weighted by atomic mass is 10.1. The molecule has 0 aliphatic carbocycles. The molecule has 0 saturated heterocycles. The van der Waals surface area contributed by atoms with E-state index in [4.69, 9.17) is 4.74 Å². The monoisotopic (exact) mass is 233 g/mol. The van der Waals surface area contributed by atoms with Crippen LogP contribution in [0.5, 0.6) is 0 Å². The highest BCUT2D eigenvalue weighted by molar-refractivity contribution is 5.90. The Morgan fingerprint density at radius 3 is 2.71 bits per heavy atom. The number of aryl methyl sites for hydroxylation is 1. The maximum Gasteiger partial charge on any atom is 0.414 e. The molecular formula is C14H19NO2. The quantitative estimate of drug-likeness (QED) is 0.688. The molecule has 1 aliphatic heterocycles. The van der Waals surface area contributed by atoms with Crippen LogP contribution in [0, 0.1) is 6.92 Å². The molecule has 1 aliphatic rings. The summed E-state index contributed by atoms with van der Waals surface area (Å²) in [5.41, 5.74) is 2.95. The topological polar surface area (TPSA) is 29.5 Å². The number of carbonyl (C=O) groups excluding carboxylic acids is 1. The molecule has 1 aromatic rings. The van der Waals surface area contributed by atoms with E-state index in [-0.39, 0.29) is 6.09 Å². The molecule has 2 rings (SSSR count). The van der Waals surface area contributed by atoms with Gasteiger partial charge in [0.15, 0.2) is 0 Å². The van der Waals surface area contributed by atoms with E-state index >= 15 is 0 Å². The normalized spacial score (nSPS) is 14.7. The summed E-state index contributed by atoms with van der Waals surface area (Å²) >= 11 is 0. The number of hydrogen-bond donors (Lipinski definition) is 0. The number of nitrogens with zero attached hydrogens (tertiary/aromatic N) is 1. The summed E-state index contributed by atoms with van der Waals surface area (Å²) in [5.74, 6) is 0. The van der Waals surface area contributed by atoms with Crippen molar-refractivity contribution in [1.82, 2.24) is 0 Å². The van der Waals surface area contributed by atoms with E-state index in [0.29, 0.717) is 6.54 Å². The number of anilines is 1. The van der Waals surface area contributed by atoms with E-state index in [0.717, 1.165) is 12.1 Å². The Kier molecular flexibility index (Phi) is 2.86. The average Bonchev–Trinajstić information content (AvgIpc) is 2.57. The zero-order chi connectivity index (χ0) is 12.6. The second-order valence-corrected chi connectivity index (χ2v) is 5.51. The van der Waals surface area contributed by atoms with Gasteiger partial charge in [-0.05, 0) is 51.3 Å². The number of amides is 1. The summed E-state index contributed by atoms with van der Waals surface area (Å²) in [6.07, 6.45) is 0.663. The van der Waals surface area contributed by atoms with Gasteiger partial charge in [-0.25, -0.2) is 4.79 Å². The third-order valence-electron chi connectivity index (χ3n) is 2.75. The number of hydrogen-bond acceptors (Lipinski definition) is 2. The van der Waals surface area contributed by atoms with Gasteiger partial charge in [-0.15, -0.1) is 0 Å². The molecule has 1 amide bonds. The van der Waals surface area contributed by atoms with Crippen LogP contribution in [0.1, 0.15) is 31.9 Å². The van der Waals surface area contributed by atoms with Crippen LogP contribution in [-0.4, -0.2) is 18.2 Å². The minimum absolute atomic E-state index is 0.248. The van der Waals surface area contributed by atoms with Crippen LogP contribution in [0.15, 0.2) is 18.2 Å². The highest BCUT2D eigenvalue weighted by Crippen LogP contribution is 2.30. The second kappa shape index (κ2) is 4.06. The Morgan fingerprint density at radius 2 is 2.06 bits per heavy atom. The van der Waals surface area contributed by atoms with Crippen molar-refractivity contribution in [3.05, 3.63) is 29.3 Å². The van der Waals surface area contributed by atoms with Gasteiger partial charge in [0.05, 0.1) is 5.69 Å². The van der Waals surface area contributed by atoms with E-state index in [2.05, 4.69) is 12.1 Å². The second-order valence-electron chi connectivity index (χ2n) is 5.51. The van der Waals surface area contributed by atoms with Crippen LogP contribution in [0.25, 0.3) is 0 Å². The molecule has 1 aromatic carbocycles. The Hall–Kier alpha value is -1.51. The van der Waals surface area contributed by atoms with Crippen LogP contribution in [0.4, 0.5) is 10.5 Å². The molecule has 3 heteroatoms.